The van der Waals surface area contributed by atoms with Crippen LogP contribution in [0.3, 0.4) is 0 Å². The average molecular weight is 766 g/mol. The Bertz CT molecular complexity index is 2210. The maximum Gasteiger partial charge on any atom is 0.324 e. The second kappa shape index (κ2) is 16.0. The summed E-state index contributed by atoms with van der Waals surface area (Å²) in [5.74, 6) is 3.99. The number of nitrogens with zero attached hydrogens (tertiary/aromatic N) is 1. The summed E-state index contributed by atoms with van der Waals surface area (Å²) in [6.07, 6.45) is 5.81. The van der Waals surface area contributed by atoms with Gasteiger partial charge in [0, 0.05) is 17.8 Å². The second-order valence-electron chi connectivity index (χ2n) is 15.4. The first-order valence-electron chi connectivity index (χ1n) is 19.8. The van der Waals surface area contributed by atoms with Crippen molar-refractivity contribution in [3.63, 3.8) is 0 Å². The van der Waals surface area contributed by atoms with Crippen LogP contribution in [0, 0.1) is 17.8 Å². The van der Waals surface area contributed by atoms with Gasteiger partial charge in [-0.05, 0) is 78.3 Å². The van der Waals surface area contributed by atoms with Crippen molar-refractivity contribution in [3.8, 4) is 17.6 Å². The predicted octanol–water partition coefficient (Wildman–Crippen LogP) is 6.07. The van der Waals surface area contributed by atoms with Gasteiger partial charge < -0.3 is 30.3 Å². The van der Waals surface area contributed by atoms with E-state index in [4.69, 9.17) is 9.47 Å². The Morgan fingerprint density at radius 3 is 2.32 bits per heavy atom. The molecule has 2 saturated heterocycles. The van der Waals surface area contributed by atoms with E-state index in [1.807, 2.05) is 95.9 Å². The van der Waals surface area contributed by atoms with Crippen molar-refractivity contribution in [2.24, 2.45) is 5.92 Å². The molecule has 10 nitrogen and oxygen atoms in total. The van der Waals surface area contributed by atoms with Gasteiger partial charge in [0.15, 0.2) is 0 Å². The number of carbonyl (C=O) groups is 3. The Kier molecular flexibility index (Phi) is 10.7. The largest absolute Gasteiger partial charge is 0.491 e. The zero-order valence-electron chi connectivity index (χ0n) is 31.7. The summed E-state index contributed by atoms with van der Waals surface area (Å²) in [6.45, 7) is 3.76. The van der Waals surface area contributed by atoms with Crippen LogP contribution in [0.4, 0.5) is 5.69 Å². The smallest absolute Gasteiger partial charge is 0.324 e. The molecule has 292 valence electrons. The fourth-order valence-electron chi connectivity index (χ4n) is 9.52. The van der Waals surface area contributed by atoms with Gasteiger partial charge in [0.1, 0.15) is 35.5 Å². The number of nitrogens with one attached hydrogen (secondary N) is 2. The molecular formula is C47H47N3O7. The quantitative estimate of drug-likeness (QED) is 0.0699. The number of rotatable bonds is 9. The molecular weight excluding hydrogens is 719 g/mol. The lowest BCUT2D eigenvalue weighted by Crippen LogP contribution is -2.54. The zero-order chi connectivity index (χ0) is 39.6. The Morgan fingerprint density at radius 2 is 1.61 bits per heavy atom. The Labute approximate surface area is 332 Å². The van der Waals surface area contributed by atoms with Crippen LogP contribution in [-0.4, -0.2) is 64.3 Å². The van der Waals surface area contributed by atoms with Crippen LogP contribution in [0.2, 0.25) is 0 Å². The van der Waals surface area contributed by atoms with E-state index in [1.165, 1.54) is 0 Å². The first-order valence-corrected chi connectivity index (χ1v) is 19.8. The maximum absolute atomic E-state index is 15.3. The highest BCUT2D eigenvalue weighted by Crippen LogP contribution is 2.65. The third-order valence-corrected chi connectivity index (χ3v) is 11.9. The molecule has 0 bridgehead atoms. The number of anilines is 1. The average Bonchev–Trinajstić information content (AvgIpc) is 3.60. The summed E-state index contributed by atoms with van der Waals surface area (Å²) in [5, 5.41) is 27.2. The number of hydrogen-bond acceptors (Lipinski definition) is 8. The minimum atomic E-state index is -1.70. The molecule has 4 N–H and O–H groups in total. The van der Waals surface area contributed by atoms with Gasteiger partial charge in [-0.3, -0.25) is 19.3 Å². The summed E-state index contributed by atoms with van der Waals surface area (Å²) in [5.41, 5.74) is 0.984. The second-order valence-corrected chi connectivity index (χ2v) is 15.4. The molecule has 6 atom stereocenters. The van der Waals surface area contributed by atoms with Crippen molar-refractivity contribution in [3.05, 3.63) is 144 Å². The number of morpholine rings is 1. The van der Waals surface area contributed by atoms with E-state index in [1.54, 1.807) is 18.2 Å². The van der Waals surface area contributed by atoms with E-state index in [9.17, 15) is 19.8 Å². The minimum Gasteiger partial charge on any atom is -0.491 e. The highest BCUT2D eigenvalue weighted by molar-refractivity contribution is 6.12. The van der Waals surface area contributed by atoms with Crippen LogP contribution in [0.25, 0.3) is 0 Å². The molecule has 2 amide bonds. The van der Waals surface area contributed by atoms with Gasteiger partial charge in [0.25, 0.3) is 0 Å². The lowest BCUT2D eigenvalue weighted by molar-refractivity contribution is -0.178. The number of ether oxygens (including phenoxy) is 2. The van der Waals surface area contributed by atoms with E-state index < -0.39 is 58.9 Å². The van der Waals surface area contributed by atoms with Gasteiger partial charge in [-0.15, -0.1) is 6.58 Å². The number of carbonyl (C=O) groups excluding carboxylic acids is 3. The van der Waals surface area contributed by atoms with Crippen molar-refractivity contribution < 1.29 is 34.1 Å². The summed E-state index contributed by atoms with van der Waals surface area (Å²) < 4.78 is 12.4. The van der Waals surface area contributed by atoms with Crippen LogP contribution < -0.4 is 15.4 Å². The van der Waals surface area contributed by atoms with Crippen molar-refractivity contribution in [1.82, 2.24) is 10.2 Å². The molecule has 4 aromatic carbocycles. The molecule has 3 heterocycles. The first-order chi connectivity index (χ1) is 27.8. The van der Waals surface area contributed by atoms with E-state index in [2.05, 4.69) is 29.1 Å². The summed E-state index contributed by atoms with van der Waals surface area (Å²) >= 11 is 0. The number of cyclic esters (lactones) is 1. The molecule has 4 aliphatic rings. The summed E-state index contributed by atoms with van der Waals surface area (Å²) in [4.78, 5) is 47.1. The number of benzene rings is 4. The summed E-state index contributed by atoms with van der Waals surface area (Å²) in [7, 11) is 0. The van der Waals surface area contributed by atoms with Gasteiger partial charge in [-0.25, -0.2) is 0 Å². The van der Waals surface area contributed by atoms with Crippen molar-refractivity contribution in [1.29, 1.82) is 0 Å². The first kappa shape index (κ1) is 38.2. The monoisotopic (exact) mass is 765 g/mol. The number of hydrogen-bond donors (Lipinski definition) is 4. The number of esters is 1. The molecule has 0 aromatic heterocycles. The van der Waals surface area contributed by atoms with Gasteiger partial charge >= 0.3 is 5.97 Å². The molecule has 4 aromatic rings. The Balaban J connectivity index is 1.40. The molecule has 10 heteroatoms. The van der Waals surface area contributed by atoms with Gasteiger partial charge in [-0.1, -0.05) is 104 Å². The molecule has 3 aliphatic heterocycles. The van der Waals surface area contributed by atoms with Crippen molar-refractivity contribution in [2.75, 3.05) is 25.1 Å². The zero-order valence-corrected chi connectivity index (χ0v) is 31.7. The highest BCUT2D eigenvalue weighted by Gasteiger charge is 2.74. The molecule has 0 unspecified atom stereocenters. The molecule has 0 radical (unpaired) electrons. The van der Waals surface area contributed by atoms with E-state index in [0.29, 0.717) is 41.0 Å². The van der Waals surface area contributed by atoms with Gasteiger partial charge in [0.05, 0.1) is 24.6 Å². The van der Waals surface area contributed by atoms with Crippen LogP contribution in [-0.2, 0) is 24.5 Å². The standard InChI is InChI=1S/C47H47N3O7/c1-2-26-48-43(52)38-40-44(53)57-41(33-16-9-6-10-17-33)39(32-14-7-5-8-15-32)50(40)42(34-18-13-19-35(30-34)56-28-27-51)47(38)36-29-31(20-21-37(36)49-45(47)54)22-25-46(55)23-11-3-4-12-24-46/h2,5-10,13-21,29-30,38-42,51,55H,1,3-4,11-12,23-24,26-28H2,(H,48,52)(H,49,54)/t38-,39-,40-,41+,42+,47-/m0/s1. The van der Waals surface area contributed by atoms with Crippen LogP contribution in [0.15, 0.2) is 116 Å². The molecule has 57 heavy (non-hydrogen) atoms. The molecule has 1 spiro atoms. The number of fused-ring (bicyclic) bond motifs is 3. The molecule has 1 aliphatic carbocycles. The lowest BCUT2D eigenvalue weighted by atomic mass is 9.65. The van der Waals surface area contributed by atoms with Crippen molar-refractivity contribution in [2.45, 2.75) is 73.8 Å². The fraction of sp³-hybridized carbons (Fsp3) is 0.340. The third kappa shape index (κ3) is 6.90. The van der Waals surface area contributed by atoms with E-state index >= 15 is 4.79 Å². The minimum absolute atomic E-state index is 0.0466. The topological polar surface area (TPSA) is 137 Å². The third-order valence-electron chi connectivity index (χ3n) is 11.9. The van der Waals surface area contributed by atoms with Crippen molar-refractivity contribution >= 4 is 23.5 Å². The summed E-state index contributed by atoms with van der Waals surface area (Å²) in [6, 6.07) is 29.1. The normalized spacial score (nSPS) is 26.2. The van der Waals surface area contributed by atoms with E-state index in [0.717, 1.165) is 36.8 Å². The maximum atomic E-state index is 15.3. The fourth-order valence-corrected chi connectivity index (χ4v) is 9.52. The SMILES string of the molecule is C=CCNC(=O)[C@@H]1[C@H]2C(=O)O[C@H](c3ccccc3)[C@H](c3ccccc3)N2[C@H](c2cccc(OCCO)c2)[C@@]12C(=O)Nc1ccc(C#CC3(O)CCCCCC3)cc12. The van der Waals surface area contributed by atoms with Crippen LogP contribution in [0.1, 0.15) is 84.5 Å². The Hall–Kier alpha value is -5.73. The van der Waals surface area contributed by atoms with Crippen LogP contribution in [0.5, 0.6) is 5.75 Å². The number of aliphatic hydroxyl groups excluding tert-OH is 1. The van der Waals surface area contributed by atoms with Gasteiger partial charge in [0.2, 0.25) is 11.8 Å². The molecule has 3 fully saturated rings. The highest BCUT2D eigenvalue weighted by atomic mass is 16.6. The van der Waals surface area contributed by atoms with Crippen LogP contribution >= 0.6 is 0 Å². The van der Waals surface area contributed by atoms with E-state index in [-0.39, 0.29) is 19.8 Å². The number of aliphatic hydroxyl groups is 2. The Morgan fingerprint density at radius 1 is 0.912 bits per heavy atom. The van der Waals surface area contributed by atoms with Gasteiger partial charge in [-0.2, -0.15) is 0 Å². The lowest BCUT2D eigenvalue weighted by Gasteiger charge is -2.46. The molecule has 8 rings (SSSR count). The predicted molar refractivity (Wildman–Crippen MR) is 215 cm³/mol. The number of amides is 2. The molecule has 1 saturated carbocycles.